The van der Waals surface area contributed by atoms with Crippen LogP contribution in [-0.4, -0.2) is 37.0 Å². The summed E-state index contributed by atoms with van der Waals surface area (Å²) in [6.07, 6.45) is -0.0586. The molecule has 0 radical (unpaired) electrons. The van der Waals surface area contributed by atoms with Crippen molar-refractivity contribution in [2.24, 2.45) is 5.92 Å². The Morgan fingerprint density at radius 1 is 1.21 bits per heavy atom. The fourth-order valence-electron chi connectivity index (χ4n) is 2.06. The fraction of sp³-hybridized carbons (Fsp3) is 0.467. The molecule has 0 saturated carbocycles. The molecule has 0 bridgehead atoms. The largest absolute Gasteiger partial charge is 0.460 e. The van der Waals surface area contributed by atoms with Crippen molar-refractivity contribution in [3.8, 4) is 0 Å². The Bertz CT molecular complexity index is 723. The molecule has 0 spiro atoms. The van der Waals surface area contributed by atoms with Gasteiger partial charge in [0.15, 0.2) is 9.84 Å². The van der Waals surface area contributed by atoms with Crippen molar-refractivity contribution in [2.45, 2.75) is 37.3 Å². The molecule has 0 saturated heterocycles. The fourth-order valence-corrected chi connectivity index (χ4v) is 3.92. The topological polar surface area (TPSA) is 121 Å². The number of hydrogen-bond acceptors (Lipinski definition) is 7. The van der Waals surface area contributed by atoms with Gasteiger partial charge in [0.05, 0.1) is 16.4 Å². The first kappa shape index (κ1) is 19.8. The van der Waals surface area contributed by atoms with Crippen molar-refractivity contribution < 1.29 is 27.7 Å². The molecule has 0 aliphatic carbocycles. The predicted molar refractivity (Wildman–Crippen MR) is 85.2 cm³/mol. The van der Waals surface area contributed by atoms with Gasteiger partial charge in [0.1, 0.15) is 5.25 Å². The molecule has 0 aliphatic rings. The van der Waals surface area contributed by atoms with E-state index in [1.807, 2.05) is 0 Å². The lowest BCUT2D eigenvalue weighted by molar-refractivity contribution is -0.384. The lowest BCUT2D eigenvalue weighted by atomic mass is 10.1. The maximum atomic E-state index is 12.7. The molecular weight excluding hydrogens is 338 g/mol. The summed E-state index contributed by atoms with van der Waals surface area (Å²) in [5, 5.41) is 9.07. The van der Waals surface area contributed by atoms with E-state index in [0.717, 1.165) is 24.3 Å². The maximum Gasteiger partial charge on any atom is 0.376 e. The second-order valence-corrected chi connectivity index (χ2v) is 7.63. The second-order valence-electron chi connectivity index (χ2n) is 5.50. The number of ketones is 1. The molecule has 1 rings (SSSR count). The van der Waals surface area contributed by atoms with Gasteiger partial charge in [0.2, 0.25) is 0 Å². The zero-order valence-electron chi connectivity index (χ0n) is 13.6. The van der Waals surface area contributed by atoms with Crippen molar-refractivity contribution in [3.05, 3.63) is 34.4 Å². The van der Waals surface area contributed by atoms with Crippen molar-refractivity contribution in [1.29, 1.82) is 0 Å². The van der Waals surface area contributed by atoms with Crippen LogP contribution in [-0.2, 0) is 24.2 Å². The highest BCUT2D eigenvalue weighted by Crippen LogP contribution is 2.24. The summed E-state index contributed by atoms with van der Waals surface area (Å²) in [5.41, 5.74) is -0.272. The van der Waals surface area contributed by atoms with E-state index in [-0.39, 0.29) is 29.5 Å². The van der Waals surface area contributed by atoms with Gasteiger partial charge in [-0.05, 0) is 31.4 Å². The highest BCUT2D eigenvalue weighted by Gasteiger charge is 2.38. The zero-order chi connectivity index (χ0) is 18.5. The third-order valence-corrected chi connectivity index (χ3v) is 5.29. The number of hydrogen-bond donors (Lipinski definition) is 0. The van der Waals surface area contributed by atoms with Gasteiger partial charge >= 0.3 is 5.97 Å². The predicted octanol–water partition coefficient (Wildman–Crippen LogP) is 1.92. The van der Waals surface area contributed by atoms with Crippen LogP contribution in [0.4, 0.5) is 5.69 Å². The summed E-state index contributed by atoms with van der Waals surface area (Å²) >= 11 is 0. The molecule has 132 valence electrons. The van der Waals surface area contributed by atoms with Crippen molar-refractivity contribution in [1.82, 2.24) is 0 Å². The van der Waals surface area contributed by atoms with Gasteiger partial charge in [0, 0.05) is 12.1 Å². The third kappa shape index (κ3) is 4.60. The number of ether oxygens (including phenoxy) is 1. The van der Waals surface area contributed by atoms with E-state index in [4.69, 9.17) is 0 Å². The number of esters is 1. The maximum absolute atomic E-state index is 12.7. The lowest BCUT2D eigenvalue weighted by Gasteiger charge is -2.17. The van der Waals surface area contributed by atoms with Crippen LogP contribution in [0, 0.1) is 16.0 Å². The number of carbonyl (C=O) groups excluding carboxylic acids is 2. The van der Waals surface area contributed by atoms with Crippen molar-refractivity contribution in [2.75, 3.05) is 6.61 Å². The molecule has 1 aromatic rings. The minimum Gasteiger partial charge on any atom is -0.460 e. The molecule has 1 aromatic carbocycles. The van der Waals surface area contributed by atoms with Gasteiger partial charge in [-0.1, -0.05) is 13.8 Å². The van der Waals surface area contributed by atoms with Gasteiger partial charge in [0.25, 0.3) is 11.5 Å². The smallest absolute Gasteiger partial charge is 0.376 e. The van der Waals surface area contributed by atoms with Gasteiger partial charge < -0.3 is 4.74 Å². The van der Waals surface area contributed by atoms with E-state index in [0.29, 0.717) is 0 Å². The van der Waals surface area contributed by atoms with Crippen LogP contribution in [0.3, 0.4) is 0 Å². The normalized spacial score (nSPS) is 12.7. The van der Waals surface area contributed by atoms with Gasteiger partial charge in [-0.15, -0.1) is 0 Å². The highest BCUT2D eigenvalue weighted by atomic mass is 32.2. The van der Waals surface area contributed by atoms with Gasteiger partial charge in [-0.3, -0.25) is 14.9 Å². The van der Waals surface area contributed by atoms with E-state index in [1.54, 1.807) is 13.8 Å². The lowest BCUT2D eigenvalue weighted by Crippen LogP contribution is -2.37. The number of sulfone groups is 1. The van der Waals surface area contributed by atoms with E-state index < -0.39 is 31.8 Å². The van der Waals surface area contributed by atoms with Gasteiger partial charge in [-0.2, -0.15) is 0 Å². The SMILES string of the molecule is CCOC(=O)C(=O)C(CC(C)C)S(=O)(=O)c1ccc([N+](=O)[O-])cc1. The molecule has 0 fully saturated rings. The van der Waals surface area contributed by atoms with E-state index in [9.17, 15) is 28.1 Å². The quantitative estimate of drug-likeness (QED) is 0.301. The van der Waals surface area contributed by atoms with Crippen molar-refractivity contribution in [3.63, 3.8) is 0 Å². The molecule has 0 amide bonds. The Labute approximate surface area is 139 Å². The van der Waals surface area contributed by atoms with Crippen LogP contribution in [0.1, 0.15) is 27.2 Å². The van der Waals surface area contributed by atoms with Crippen molar-refractivity contribution >= 4 is 27.3 Å². The number of non-ortho nitro benzene ring substituents is 1. The van der Waals surface area contributed by atoms with Crippen LogP contribution in [0.15, 0.2) is 29.2 Å². The molecule has 0 aromatic heterocycles. The molecule has 8 nitrogen and oxygen atoms in total. The third-order valence-electron chi connectivity index (χ3n) is 3.21. The average molecular weight is 357 g/mol. The summed E-state index contributed by atoms with van der Waals surface area (Å²) in [5.74, 6) is -2.50. The molecule has 24 heavy (non-hydrogen) atoms. The first-order chi connectivity index (χ1) is 11.1. The summed E-state index contributed by atoms with van der Waals surface area (Å²) in [6, 6.07) is 4.18. The number of nitrogens with zero attached hydrogens (tertiary/aromatic N) is 1. The number of benzene rings is 1. The molecular formula is C15H19NO7S. The molecule has 0 N–H and O–H groups in total. The Hall–Kier alpha value is -2.29. The van der Waals surface area contributed by atoms with E-state index in [1.165, 1.54) is 6.92 Å². The number of nitro benzene ring substituents is 1. The van der Waals surface area contributed by atoms with Crippen LogP contribution in [0.25, 0.3) is 0 Å². The second kappa shape index (κ2) is 8.00. The number of nitro groups is 1. The Morgan fingerprint density at radius 3 is 2.17 bits per heavy atom. The van der Waals surface area contributed by atoms with E-state index in [2.05, 4.69) is 4.74 Å². The van der Waals surface area contributed by atoms with Crippen LogP contribution in [0.5, 0.6) is 0 Å². The molecule has 0 aliphatic heterocycles. The Morgan fingerprint density at radius 2 is 1.75 bits per heavy atom. The first-order valence-corrected chi connectivity index (χ1v) is 8.85. The summed E-state index contributed by atoms with van der Waals surface area (Å²) in [4.78, 5) is 33.6. The minimum atomic E-state index is -4.17. The summed E-state index contributed by atoms with van der Waals surface area (Å²) < 4.78 is 30.0. The minimum absolute atomic E-state index is 0.0451. The van der Waals surface area contributed by atoms with Gasteiger partial charge in [-0.25, -0.2) is 13.2 Å². The standard InChI is InChI=1S/C15H19NO7S/c1-4-23-15(18)14(17)13(9-10(2)3)24(21,22)12-7-5-11(6-8-12)16(19)20/h5-8,10,13H,4,9H2,1-3H3. The Kier molecular flexibility index (Phi) is 6.59. The highest BCUT2D eigenvalue weighted by molar-refractivity contribution is 7.93. The monoisotopic (exact) mass is 357 g/mol. The van der Waals surface area contributed by atoms with Crippen LogP contribution in [0.2, 0.25) is 0 Å². The molecule has 0 heterocycles. The van der Waals surface area contributed by atoms with Crippen LogP contribution >= 0.6 is 0 Å². The summed E-state index contributed by atoms with van der Waals surface area (Å²) in [6.45, 7) is 4.90. The first-order valence-electron chi connectivity index (χ1n) is 7.30. The number of Topliss-reactive ketones (excluding diaryl/α,β-unsaturated/α-hetero) is 1. The molecule has 1 atom stereocenters. The molecule has 1 unspecified atom stereocenters. The van der Waals surface area contributed by atoms with E-state index >= 15 is 0 Å². The van der Waals surface area contributed by atoms with Crippen LogP contribution < -0.4 is 0 Å². The summed E-state index contributed by atoms with van der Waals surface area (Å²) in [7, 11) is -4.17. The average Bonchev–Trinajstić information content (AvgIpc) is 2.52. The Balaban J connectivity index is 3.26. The number of carbonyl (C=O) groups is 2. The molecule has 9 heteroatoms. The zero-order valence-corrected chi connectivity index (χ0v) is 14.4. The number of rotatable bonds is 8.